The van der Waals surface area contributed by atoms with E-state index in [1.165, 1.54) is 17.0 Å². The Kier molecular flexibility index (Phi) is 4.16. The third-order valence-electron chi connectivity index (χ3n) is 2.77. The van der Waals surface area contributed by atoms with Gasteiger partial charge in [0, 0.05) is 18.0 Å². The highest BCUT2D eigenvalue weighted by molar-refractivity contribution is 7.94. The second-order valence-electron chi connectivity index (χ2n) is 4.50. The minimum absolute atomic E-state index is 0.0209. The summed E-state index contributed by atoms with van der Waals surface area (Å²) in [5.41, 5.74) is -0.144. The van der Waals surface area contributed by atoms with Crippen molar-refractivity contribution in [3.63, 3.8) is 0 Å². The molecule has 2 unspecified atom stereocenters. The number of aliphatic hydroxyl groups is 1. The van der Waals surface area contributed by atoms with Gasteiger partial charge in [-0.25, -0.2) is 8.42 Å². The monoisotopic (exact) mass is 302 g/mol. The summed E-state index contributed by atoms with van der Waals surface area (Å²) >= 11 is 0. The molecule has 1 aliphatic rings. The fraction of sp³-hybridized carbons (Fsp3) is 0.500. The number of aliphatic hydroxyl groups excluding tert-OH is 1. The van der Waals surface area contributed by atoms with Crippen LogP contribution in [0.1, 0.15) is 0 Å². The first-order valence-corrected chi connectivity index (χ1v) is 7.56. The fourth-order valence-corrected chi connectivity index (χ4v) is 3.09. The van der Waals surface area contributed by atoms with Gasteiger partial charge in [-0.2, -0.15) is 5.10 Å². The third kappa shape index (κ3) is 3.85. The highest BCUT2D eigenvalue weighted by Crippen LogP contribution is 2.09. The van der Waals surface area contributed by atoms with Crippen molar-refractivity contribution in [2.24, 2.45) is 0 Å². The number of nitrogens with one attached hydrogen (secondary N) is 1. The Hall–Kier alpha value is -1.78. The lowest BCUT2D eigenvalue weighted by Crippen LogP contribution is -2.37. The second-order valence-corrected chi connectivity index (χ2v) is 6.44. The van der Waals surface area contributed by atoms with Crippen LogP contribution in [0, 0.1) is 10.1 Å². The van der Waals surface area contributed by atoms with E-state index in [9.17, 15) is 23.6 Å². The molecular weight excluding hydrogens is 288 g/mol. The molecule has 9 nitrogen and oxygen atoms in total. The van der Waals surface area contributed by atoms with Gasteiger partial charge in [0.15, 0.2) is 9.84 Å². The van der Waals surface area contributed by atoms with Crippen LogP contribution in [0.4, 0.5) is 5.69 Å². The first-order valence-electron chi connectivity index (χ1n) is 5.85. The Morgan fingerprint density at radius 3 is 2.95 bits per heavy atom. The standard InChI is InChI=1S/C10H14N4O5S/c15-10(4-11-8-1-2-20(18,19)7-8)6-13-5-9(3-12-13)14(16)17/h1-3,5,8,10-11,15H,4,6-7H2. The van der Waals surface area contributed by atoms with E-state index in [0.717, 1.165) is 11.6 Å². The summed E-state index contributed by atoms with van der Waals surface area (Å²) in [6, 6.07) is -0.318. The summed E-state index contributed by atoms with van der Waals surface area (Å²) in [5, 5.41) is 28.0. The Bertz CT molecular complexity index is 623. The highest BCUT2D eigenvalue weighted by atomic mass is 32.2. The van der Waals surface area contributed by atoms with E-state index in [-0.39, 0.29) is 30.6 Å². The zero-order valence-corrected chi connectivity index (χ0v) is 11.2. The molecule has 0 aliphatic carbocycles. The van der Waals surface area contributed by atoms with Crippen molar-refractivity contribution in [1.82, 2.24) is 15.1 Å². The average Bonchev–Trinajstić information content (AvgIpc) is 2.93. The molecule has 110 valence electrons. The molecule has 20 heavy (non-hydrogen) atoms. The van der Waals surface area contributed by atoms with Crippen LogP contribution in [-0.2, 0) is 16.4 Å². The van der Waals surface area contributed by atoms with Gasteiger partial charge in [0.1, 0.15) is 12.4 Å². The molecule has 0 bridgehead atoms. The molecule has 2 atom stereocenters. The largest absolute Gasteiger partial charge is 0.390 e. The van der Waals surface area contributed by atoms with Gasteiger partial charge in [0.05, 0.1) is 23.3 Å². The van der Waals surface area contributed by atoms with E-state index in [4.69, 9.17) is 0 Å². The van der Waals surface area contributed by atoms with Gasteiger partial charge in [-0.15, -0.1) is 0 Å². The number of nitro groups is 1. The minimum Gasteiger partial charge on any atom is -0.390 e. The first kappa shape index (κ1) is 14.6. The molecular formula is C10H14N4O5S. The second kappa shape index (κ2) is 5.69. The molecule has 0 fully saturated rings. The number of nitrogens with zero attached hydrogens (tertiary/aromatic N) is 3. The molecule has 1 aromatic heterocycles. The van der Waals surface area contributed by atoms with Gasteiger partial charge < -0.3 is 10.4 Å². The Labute approximate surface area is 115 Å². The summed E-state index contributed by atoms with van der Waals surface area (Å²) in [5.74, 6) is -0.0209. The number of aromatic nitrogens is 2. The van der Waals surface area contributed by atoms with Gasteiger partial charge in [0.2, 0.25) is 0 Å². The number of hydrogen-bond acceptors (Lipinski definition) is 7. The van der Waals surface area contributed by atoms with E-state index in [1.807, 2.05) is 0 Å². The van der Waals surface area contributed by atoms with Crippen LogP contribution in [0.15, 0.2) is 23.9 Å². The number of rotatable bonds is 6. The lowest BCUT2D eigenvalue weighted by atomic mass is 10.3. The Balaban J connectivity index is 1.79. The topological polar surface area (TPSA) is 127 Å². The molecule has 1 aromatic rings. The normalized spacial score (nSPS) is 21.9. The fourth-order valence-electron chi connectivity index (χ4n) is 1.82. The van der Waals surface area contributed by atoms with Gasteiger partial charge in [-0.05, 0) is 0 Å². The van der Waals surface area contributed by atoms with Crippen LogP contribution in [-0.4, -0.2) is 52.7 Å². The van der Waals surface area contributed by atoms with Gasteiger partial charge in [-0.3, -0.25) is 14.8 Å². The summed E-state index contributed by atoms with van der Waals surface area (Å²) in [4.78, 5) is 9.91. The van der Waals surface area contributed by atoms with Crippen molar-refractivity contribution in [2.45, 2.75) is 18.7 Å². The molecule has 0 saturated heterocycles. The highest BCUT2D eigenvalue weighted by Gasteiger charge is 2.22. The predicted octanol–water partition coefficient (Wildman–Crippen LogP) is -0.947. The zero-order chi connectivity index (χ0) is 14.8. The van der Waals surface area contributed by atoms with Crippen molar-refractivity contribution in [3.05, 3.63) is 34.0 Å². The van der Waals surface area contributed by atoms with E-state index in [0.29, 0.717) is 0 Å². The molecule has 10 heteroatoms. The Morgan fingerprint density at radius 2 is 2.40 bits per heavy atom. The average molecular weight is 302 g/mol. The molecule has 2 heterocycles. The van der Waals surface area contributed by atoms with Crippen molar-refractivity contribution in [3.8, 4) is 0 Å². The molecule has 0 radical (unpaired) electrons. The van der Waals surface area contributed by atoms with Gasteiger partial charge >= 0.3 is 5.69 Å². The molecule has 0 aromatic carbocycles. The summed E-state index contributed by atoms with van der Waals surface area (Å²) in [6.07, 6.45) is 3.03. The van der Waals surface area contributed by atoms with E-state index >= 15 is 0 Å². The van der Waals surface area contributed by atoms with Crippen molar-refractivity contribution in [2.75, 3.05) is 12.3 Å². The molecule has 2 N–H and O–H groups in total. The zero-order valence-electron chi connectivity index (χ0n) is 10.4. The van der Waals surface area contributed by atoms with Crippen LogP contribution in [0.25, 0.3) is 0 Å². The molecule has 0 saturated carbocycles. The van der Waals surface area contributed by atoms with Gasteiger partial charge in [0.25, 0.3) is 0 Å². The van der Waals surface area contributed by atoms with Crippen molar-refractivity contribution in [1.29, 1.82) is 0 Å². The molecule has 0 spiro atoms. The van der Waals surface area contributed by atoms with E-state index in [2.05, 4.69) is 10.4 Å². The lowest BCUT2D eigenvalue weighted by Gasteiger charge is -2.14. The first-order chi connectivity index (χ1) is 9.35. The summed E-state index contributed by atoms with van der Waals surface area (Å²) < 4.78 is 23.6. The molecule has 0 amide bonds. The van der Waals surface area contributed by atoms with Gasteiger partial charge in [-0.1, -0.05) is 6.08 Å². The quantitative estimate of drug-likeness (QED) is 0.512. The smallest absolute Gasteiger partial charge is 0.306 e. The maximum Gasteiger partial charge on any atom is 0.306 e. The molecule has 2 rings (SSSR count). The van der Waals surface area contributed by atoms with Crippen LogP contribution < -0.4 is 5.32 Å². The minimum atomic E-state index is -3.13. The third-order valence-corrected chi connectivity index (χ3v) is 4.17. The van der Waals surface area contributed by atoms with E-state index in [1.54, 1.807) is 0 Å². The predicted molar refractivity (Wildman–Crippen MR) is 69.6 cm³/mol. The summed E-state index contributed by atoms with van der Waals surface area (Å²) in [7, 11) is -3.13. The SMILES string of the molecule is O=[N+]([O-])c1cnn(CC(O)CNC2C=CS(=O)(=O)C2)c1. The van der Waals surface area contributed by atoms with Crippen molar-refractivity contribution < 1.29 is 18.4 Å². The van der Waals surface area contributed by atoms with Crippen LogP contribution >= 0.6 is 0 Å². The summed E-state index contributed by atoms with van der Waals surface area (Å²) in [6.45, 7) is 0.252. The maximum atomic E-state index is 11.2. The van der Waals surface area contributed by atoms with Crippen molar-refractivity contribution >= 4 is 15.5 Å². The van der Waals surface area contributed by atoms with Crippen LogP contribution in [0.5, 0.6) is 0 Å². The number of sulfone groups is 1. The lowest BCUT2D eigenvalue weighted by molar-refractivity contribution is -0.385. The molecule has 1 aliphatic heterocycles. The van der Waals surface area contributed by atoms with E-state index < -0.39 is 20.9 Å². The van der Waals surface area contributed by atoms with Crippen LogP contribution in [0.2, 0.25) is 0 Å². The number of hydrogen-bond donors (Lipinski definition) is 2. The Morgan fingerprint density at radius 1 is 1.65 bits per heavy atom. The maximum absolute atomic E-state index is 11.2. The van der Waals surface area contributed by atoms with Crippen LogP contribution in [0.3, 0.4) is 0 Å².